The van der Waals surface area contributed by atoms with Crippen LogP contribution >= 0.6 is 0 Å². The Balaban J connectivity index is 1.60. The number of methoxy groups -OCH3 is 2. The molecule has 0 amide bonds. The summed E-state index contributed by atoms with van der Waals surface area (Å²) in [6, 6.07) is 6.13. The van der Waals surface area contributed by atoms with Crippen LogP contribution in [0.5, 0.6) is 17.6 Å². The molecule has 51 heavy (non-hydrogen) atoms. The molecule has 2 aliphatic rings. The fourth-order valence-electron chi connectivity index (χ4n) is 7.08. The number of benzene rings is 2. The molecule has 2 fully saturated rings. The number of halogens is 3. The third kappa shape index (κ3) is 7.27. The fourth-order valence-corrected chi connectivity index (χ4v) is 7.08. The Hall–Kier alpha value is -4.24. The van der Waals surface area contributed by atoms with E-state index in [4.69, 9.17) is 28.7 Å². The van der Waals surface area contributed by atoms with Crippen LogP contribution in [0.15, 0.2) is 36.2 Å². The number of likely N-dealkylation sites (tertiary alicyclic amines) is 1. The summed E-state index contributed by atoms with van der Waals surface area (Å²) in [4.78, 5) is 17.8. The minimum atomic E-state index is -1.27. The third-order valence-corrected chi connectivity index (χ3v) is 9.56. The van der Waals surface area contributed by atoms with Crippen molar-refractivity contribution < 1.29 is 42.0 Å². The van der Waals surface area contributed by atoms with Crippen molar-refractivity contribution in [2.45, 2.75) is 39.2 Å². The number of aryl methyl sites for hydroxylation is 1. The number of pyridine rings is 1. The maximum atomic E-state index is 17.3. The van der Waals surface area contributed by atoms with Crippen LogP contribution in [0.3, 0.4) is 0 Å². The zero-order chi connectivity index (χ0) is 36.5. The van der Waals surface area contributed by atoms with Crippen molar-refractivity contribution in [2.24, 2.45) is 5.41 Å². The number of piperidine rings is 1. The average Bonchev–Trinajstić information content (AvgIpc) is 3.29. The zero-order valence-electron chi connectivity index (χ0n) is 29.8. The molecule has 0 aliphatic carbocycles. The van der Waals surface area contributed by atoms with Gasteiger partial charge in [0.25, 0.3) is 0 Å². The van der Waals surface area contributed by atoms with Gasteiger partial charge in [-0.15, -0.1) is 0 Å². The second-order valence-corrected chi connectivity index (χ2v) is 13.8. The van der Waals surface area contributed by atoms with Crippen LogP contribution in [-0.2, 0) is 15.9 Å². The second kappa shape index (κ2) is 14.8. The Morgan fingerprint density at radius 3 is 2.57 bits per heavy atom. The summed E-state index contributed by atoms with van der Waals surface area (Å²) in [5, 5.41) is 12.3. The third-order valence-electron chi connectivity index (χ3n) is 9.56. The smallest absolute Gasteiger partial charge is 0.319 e. The number of ether oxygens (including phenoxy) is 5. The van der Waals surface area contributed by atoms with Gasteiger partial charge in [0, 0.05) is 37.7 Å². The Morgan fingerprint density at radius 2 is 1.84 bits per heavy atom. The molecule has 14 heteroatoms. The predicted molar refractivity (Wildman–Crippen MR) is 187 cm³/mol. The van der Waals surface area contributed by atoms with E-state index >= 15 is 8.78 Å². The second-order valence-electron chi connectivity index (χ2n) is 13.8. The maximum Gasteiger partial charge on any atom is 0.319 e. The number of hydrogen-bond acceptors (Lipinski definition) is 11. The van der Waals surface area contributed by atoms with E-state index in [1.54, 1.807) is 30.0 Å². The topological polar surface area (TPSA) is 112 Å². The van der Waals surface area contributed by atoms with Crippen molar-refractivity contribution in [3.05, 3.63) is 53.4 Å². The number of rotatable bonds is 10. The summed E-state index contributed by atoms with van der Waals surface area (Å²) in [5.41, 5.74) is -1.06. The molecule has 1 N–H and O–H groups in total. The molecular weight excluding hydrogens is 667 g/mol. The van der Waals surface area contributed by atoms with E-state index in [0.717, 1.165) is 0 Å². The van der Waals surface area contributed by atoms with Crippen molar-refractivity contribution >= 4 is 27.5 Å². The van der Waals surface area contributed by atoms with Crippen molar-refractivity contribution in [3.8, 4) is 28.9 Å². The van der Waals surface area contributed by atoms with Gasteiger partial charge in [-0.1, -0.05) is 19.9 Å². The minimum Gasteiger partial charge on any atom is -0.480 e. The largest absolute Gasteiger partial charge is 0.480 e. The number of hydrogen-bond donors (Lipinski definition) is 1. The normalized spacial score (nSPS) is 22.5. The van der Waals surface area contributed by atoms with Gasteiger partial charge in [-0.2, -0.15) is 9.97 Å². The van der Waals surface area contributed by atoms with Gasteiger partial charge in [0.2, 0.25) is 5.88 Å². The first-order chi connectivity index (χ1) is 24.4. The number of nitrogens with zero attached hydrogens (tertiary/aromatic N) is 5. The molecule has 274 valence electrons. The number of β-amino-alcohol motifs (C(OH)–C–C–N with tert-alkyl or cyclic N) is 1. The standard InChI is InChI=1S/C37H44F3N5O6/c1-7-25-27(39)9-8-22-14-24(51-21-47-5)15-26(28(22)25)31-30(40)32-29(34(41-31)48-6)33(45-12-13-49-20-37(3,46)18-45)43-35(42-32)50-19-36(2)17-44(4)11-10-23(36)16-38/h8-9,14-16,46H,7,10-13,17-21H2,1-6H3/b23-16+/t36-,37-/m0/s1. The summed E-state index contributed by atoms with van der Waals surface area (Å²) in [6.07, 6.45) is 1.49. The van der Waals surface area contributed by atoms with Crippen LogP contribution in [-0.4, -0.2) is 105 Å². The zero-order valence-corrected chi connectivity index (χ0v) is 29.8. The van der Waals surface area contributed by atoms with Crippen LogP contribution < -0.4 is 19.1 Å². The SMILES string of the molecule is CCc1c(F)ccc2cc(OCOC)cc(-c3nc(OC)c4c(N5CCOC[C@@](C)(O)C5)nc(OC[C@]5(C)CN(C)CC/C5=C\F)nc4c3F)c12. The number of aliphatic hydroxyl groups is 1. The number of anilines is 1. The van der Waals surface area contributed by atoms with Gasteiger partial charge in [0.15, 0.2) is 12.6 Å². The van der Waals surface area contributed by atoms with Gasteiger partial charge >= 0.3 is 6.01 Å². The minimum absolute atomic E-state index is 0.00193. The molecule has 0 bridgehead atoms. The van der Waals surface area contributed by atoms with E-state index in [1.165, 1.54) is 20.3 Å². The van der Waals surface area contributed by atoms with Crippen LogP contribution in [0.1, 0.15) is 32.8 Å². The lowest BCUT2D eigenvalue weighted by Crippen LogP contribution is -2.44. The van der Waals surface area contributed by atoms with Crippen molar-refractivity contribution in [1.29, 1.82) is 0 Å². The summed E-state index contributed by atoms with van der Waals surface area (Å²) in [7, 11) is 4.84. The van der Waals surface area contributed by atoms with Crippen molar-refractivity contribution in [1.82, 2.24) is 19.9 Å². The Bertz CT molecular complexity index is 1960. The van der Waals surface area contributed by atoms with Crippen LogP contribution in [0.4, 0.5) is 19.0 Å². The monoisotopic (exact) mass is 711 g/mol. The first-order valence-electron chi connectivity index (χ1n) is 16.9. The van der Waals surface area contributed by atoms with Crippen LogP contribution in [0.25, 0.3) is 32.9 Å². The average molecular weight is 712 g/mol. The van der Waals surface area contributed by atoms with Gasteiger partial charge in [0.1, 0.15) is 46.2 Å². The first kappa shape index (κ1) is 36.5. The molecule has 2 saturated heterocycles. The van der Waals surface area contributed by atoms with E-state index in [2.05, 4.69) is 14.9 Å². The predicted octanol–water partition coefficient (Wildman–Crippen LogP) is 5.84. The molecule has 0 spiro atoms. The van der Waals surface area contributed by atoms with Gasteiger partial charge in [0.05, 0.1) is 33.2 Å². The first-order valence-corrected chi connectivity index (χ1v) is 16.9. The lowest BCUT2D eigenvalue weighted by Gasteiger charge is -2.40. The number of aromatic nitrogens is 3. The summed E-state index contributed by atoms with van der Waals surface area (Å²) < 4.78 is 75.2. The van der Waals surface area contributed by atoms with E-state index < -0.39 is 22.7 Å². The summed E-state index contributed by atoms with van der Waals surface area (Å²) in [6.45, 7) is 7.26. The lowest BCUT2D eigenvalue weighted by molar-refractivity contribution is -0.0123. The molecule has 2 aliphatic heterocycles. The molecule has 2 atom stereocenters. The molecule has 2 aromatic heterocycles. The molecule has 0 radical (unpaired) electrons. The van der Waals surface area contributed by atoms with Crippen LogP contribution in [0.2, 0.25) is 0 Å². The molecule has 4 aromatic rings. The Kier molecular flexibility index (Phi) is 10.6. The Morgan fingerprint density at radius 1 is 1.04 bits per heavy atom. The van der Waals surface area contributed by atoms with Gasteiger partial charge in [-0.05, 0) is 66.9 Å². The van der Waals surface area contributed by atoms with E-state index in [1.807, 2.05) is 20.9 Å². The molecule has 11 nitrogen and oxygen atoms in total. The maximum absolute atomic E-state index is 17.3. The molecule has 0 saturated carbocycles. The van der Waals surface area contributed by atoms with Gasteiger partial charge < -0.3 is 38.6 Å². The van der Waals surface area contributed by atoms with Gasteiger partial charge in [-0.25, -0.2) is 18.2 Å². The highest BCUT2D eigenvalue weighted by Crippen LogP contribution is 2.43. The summed E-state index contributed by atoms with van der Waals surface area (Å²) in [5.74, 6) is -0.701. The van der Waals surface area contributed by atoms with Gasteiger partial charge in [-0.3, -0.25) is 0 Å². The number of fused-ring (bicyclic) bond motifs is 2. The summed E-state index contributed by atoms with van der Waals surface area (Å²) >= 11 is 0. The van der Waals surface area contributed by atoms with Crippen molar-refractivity contribution in [3.63, 3.8) is 0 Å². The molecular formula is C37H44F3N5O6. The quantitative estimate of drug-likeness (QED) is 0.201. The van der Waals surface area contributed by atoms with Crippen molar-refractivity contribution in [2.75, 3.05) is 79.0 Å². The Labute approximate surface area is 294 Å². The highest BCUT2D eigenvalue weighted by atomic mass is 19.1. The van der Waals surface area contributed by atoms with E-state index in [0.29, 0.717) is 66.5 Å². The van der Waals surface area contributed by atoms with E-state index in [9.17, 15) is 9.50 Å². The highest BCUT2D eigenvalue weighted by molar-refractivity contribution is 6.03. The molecule has 4 heterocycles. The lowest BCUT2D eigenvalue weighted by atomic mass is 9.78. The molecule has 0 unspecified atom stereocenters. The molecule has 6 rings (SSSR count). The molecule has 2 aromatic carbocycles. The van der Waals surface area contributed by atoms with Crippen LogP contribution in [0, 0.1) is 17.0 Å². The fraction of sp³-hybridized carbons (Fsp3) is 0.486. The highest BCUT2D eigenvalue weighted by Gasteiger charge is 2.37. The van der Waals surface area contributed by atoms with E-state index in [-0.39, 0.29) is 73.0 Å².